The van der Waals surface area contributed by atoms with Gasteiger partial charge in [-0.05, 0) is 19.3 Å². The molecular formula is C21H42O2. The fraction of sp³-hybridized carbons (Fsp3) is 0.952. The van der Waals surface area contributed by atoms with Crippen molar-refractivity contribution in [2.45, 2.75) is 117 Å². The Balaban J connectivity index is 4.57. The molecular weight excluding hydrogens is 284 g/mol. The molecule has 138 valence electrons. The topological polar surface area (TPSA) is 26.3 Å². The summed E-state index contributed by atoms with van der Waals surface area (Å²) in [4.78, 5) is 12.6. The SMILES string of the molecule is CCCCCCCC(CCCC)(CCCCCCC)C(=O)OC. The highest BCUT2D eigenvalue weighted by atomic mass is 16.5. The molecule has 0 saturated heterocycles. The minimum atomic E-state index is -0.205. The van der Waals surface area contributed by atoms with E-state index in [1.807, 2.05) is 0 Å². The summed E-state index contributed by atoms with van der Waals surface area (Å²) in [5.74, 6) is 0.0527. The van der Waals surface area contributed by atoms with E-state index in [0.29, 0.717) is 0 Å². The van der Waals surface area contributed by atoms with Crippen molar-refractivity contribution in [1.82, 2.24) is 0 Å². The Labute approximate surface area is 145 Å². The second kappa shape index (κ2) is 15.0. The molecule has 0 aromatic rings. The van der Waals surface area contributed by atoms with E-state index in [9.17, 15) is 4.79 Å². The summed E-state index contributed by atoms with van der Waals surface area (Å²) in [6.07, 6.45) is 18.0. The number of hydrogen-bond donors (Lipinski definition) is 0. The van der Waals surface area contributed by atoms with E-state index in [2.05, 4.69) is 20.8 Å². The maximum atomic E-state index is 12.6. The van der Waals surface area contributed by atoms with E-state index in [4.69, 9.17) is 4.74 Å². The Morgan fingerprint density at radius 1 is 0.652 bits per heavy atom. The number of unbranched alkanes of at least 4 members (excludes halogenated alkanes) is 9. The molecule has 0 aliphatic carbocycles. The summed E-state index contributed by atoms with van der Waals surface area (Å²) in [6.45, 7) is 6.71. The van der Waals surface area contributed by atoms with E-state index in [0.717, 1.165) is 32.1 Å². The number of esters is 1. The highest BCUT2D eigenvalue weighted by Gasteiger charge is 2.37. The molecule has 0 amide bonds. The third-order valence-electron chi connectivity index (χ3n) is 5.15. The van der Waals surface area contributed by atoms with Crippen molar-refractivity contribution in [2.24, 2.45) is 5.41 Å². The van der Waals surface area contributed by atoms with Gasteiger partial charge in [-0.1, -0.05) is 97.8 Å². The highest BCUT2D eigenvalue weighted by Crippen LogP contribution is 2.38. The third kappa shape index (κ3) is 10.0. The zero-order valence-electron chi connectivity index (χ0n) is 16.4. The predicted octanol–water partition coefficient (Wildman–Crippen LogP) is 7.06. The average molecular weight is 327 g/mol. The molecule has 0 aliphatic heterocycles. The van der Waals surface area contributed by atoms with Crippen molar-refractivity contribution in [2.75, 3.05) is 7.11 Å². The Morgan fingerprint density at radius 3 is 1.43 bits per heavy atom. The number of hydrogen-bond acceptors (Lipinski definition) is 2. The Bertz CT molecular complexity index is 259. The number of carbonyl (C=O) groups is 1. The normalized spacial score (nSPS) is 11.7. The lowest BCUT2D eigenvalue weighted by Gasteiger charge is -2.31. The number of methoxy groups -OCH3 is 1. The van der Waals surface area contributed by atoms with Gasteiger partial charge in [-0.15, -0.1) is 0 Å². The van der Waals surface area contributed by atoms with Crippen LogP contribution in [0.25, 0.3) is 0 Å². The van der Waals surface area contributed by atoms with E-state index in [1.165, 1.54) is 64.2 Å². The molecule has 2 nitrogen and oxygen atoms in total. The Hall–Kier alpha value is -0.530. The summed E-state index contributed by atoms with van der Waals surface area (Å²) in [5.41, 5.74) is -0.205. The molecule has 0 aromatic heterocycles. The van der Waals surface area contributed by atoms with Crippen molar-refractivity contribution in [3.05, 3.63) is 0 Å². The van der Waals surface area contributed by atoms with Crippen molar-refractivity contribution in [1.29, 1.82) is 0 Å². The first-order valence-electron chi connectivity index (χ1n) is 10.2. The molecule has 0 fully saturated rings. The van der Waals surface area contributed by atoms with Gasteiger partial charge in [-0.25, -0.2) is 0 Å². The second-order valence-corrected chi connectivity index (χ2v) is 7.20. The monoisotopic (exact) mass is 326 g/mol. The first-order valence-corrected chi connectivity index (χ1v) is 10.2. The lowest BCUT2D eigenvalue weighted by atomic mass is 9.74. The van der Waals surface area contributed by atoms with Gasteiger partial charge in [-0.2, -0.15) is 0 Å². The number of ether oxygens (including phenoxy) is 1. The lowest BCUT2D eigenvalue weighted by Crippen LogP contribution is -2.32. The van der Waals surface area contributed by atoms with Gasteiger partial charge in [-0.3, -0.25) is 4.79 Å². The van der Waals surface area contributed by atoms with Crippen LogP contribution in [0.3, 0.4) is 0 Å². The summed E-state index contributed by atoms with van der Waals surface area (Å²) in [5, 5.41) is 0. The number of rotatable bonds is 16. The minimum Gasteiger partial charge on any atom is -0.469 e. The van der Waals surface area contributed by atoms with Gasteiger partial charge in [0, 0.05) is 0 Å². The van der Waals surface area contributed by atoms with E-state index in [1.54, 1.807) is 7.11 Å². The molecule has 0 rings (SSSR count). The molecule has 0 N–H and O–H groups in total. The average Bonchev–Trinajstić information content (AvgIpc) is 2.57. The van der Waals surface area contributed by atoms with Crippen LogP contribution in [0.15, 0.2) is 0 Å². The predicted molar refractivity (Wildman–Crippen MR) is 101 cm³/mol. The van der Waals surface area contributed by atoms with Crippen LogP contribution in [-0.2, 0) is 9.53 Å². The molecule has 0 atom stereocenters. The van der Waals surface area contributed by atoms with Crippen molar-refractivity contribution < 1.29 is 9.53 Å². The molecule has 0 aliphatic rings. The van der Waals surface area contributed by atoms with Gasteiger partial charge in [0.05, 0.1) is 12.5 Å². The zero-order chi connectivity index (χ0) is 17.4. The molecule has 0 unspecified atom stereocenters. The fourth-order valence-corrected chi connectivity index (χ4v) is 3.55. The summed E-state index contributed by atoms with van der Waals surface area (Å²) in [6, 6.07) is 0. The Morgan fingerprint density at radius 2 is 1.04 bits per heavy atom. The van der Waals surface area contributed by atoms with E-state index in [-0.39, 0.29) is 11.4 Å². The van der Waals surface area contributed by atoms with Crippen LogP contribution < -0.4 is 0 Å². The van der Waals surface area contributed by atoms with Crippen molar-refractivity contribution in [3.8, 4) is 0 Å². The van der Waals surface area contributed by atoms with Crippen LogP contribution >= 0.6 is 0 Å². The van der Waals surface area contributed by atoms with Crippen LogP contribution in [0.5, 0.6) is 0 Å². The standard InChI is InChI=1S/C21H42O2/c1-5-8-11-13-15-18-21(17-10-7-3,20(22)23-4)19-16-14-12-9-6-2/h5-19H2,1-4H3. The van der Waals surface area contributed by atoms with Gasteiger partial charge in [0.2, 0.25) is 0 Å². The van der Waals surface area contributed by atoms with Gasteiger partial charge < -0.3 is 4.74 Å². The molecule has 0 radical (unpaired) electrons. The first kappa shape index (κ1) is 22.5. The first-order chi connectivity index (χ1) is 11.2. The van der Waals surface area contributed by atoms with E-state index < -0.39 is 0 Å². The molecule has 0 bridgehead atoms. The lowest BCUT2D eigenvalue weighted by molar-refractivity contribution is -0.154. The quantitative estimate of drug-likeness (QED) is 0.224. The zero-order valence-corrected chi connectivity index (χ0v) is 16.4. The largest absolute Gasteiger partial charge is 0.469 e. The third-order valence-corrected chi connectivity index (χ3v) is 5.15. The fourth-order valence-electron chi connectivity index (χ4n) is 3.55. The van der Waals surface area contributed by atoms with Crippen LogP contribution in [0, 0.1) is 5.41 Å². The van der Waals surface area contributed by atoms with Crippen LogP contribution in [0.4, 0.5) is 0 Å². The highest BCUT2D eigenvalue weighted by molar-refractivity contribution is 5.76. The number of carbonyl (C=O) groups excluding carboxylic acids is 1. The molecule has 23 heavy (non-hydrogen) atoms. The van der Waals surface area contributed by atoms with Gasteiger partial charge >= 0.3 is 5.97 Å². The second-order valence-electron chi connectivity index (χ2n) is 7.20. The summed E-state index contributed by atoms with van der Waals surface area (Å²) in [7, 11) is 1.57. The maximum absolute atomic E-state index is 12.6. The maximum Gasteiger partial charge on any atom is 0.311 e. The van der Waals surface area contributed by atoms with Gasteiger partial charge in [0.1, 0.15) is 0 Å². The van der Waals surface area contributed by atoms with Gasteiger partial charge in [0.15, 0.2) is 0 Å². The molecule has 0 spiro atoms. The van der Waals surface area contributed by atoms with Gasteiger partial charge in [0.25, 0.3) is 0 Å². The molecule has 0 heterocycles. The smallest absolute Gasteiger partial charge is 0.311 e. The van der Waals surface area contributed by atoms with Crippen LogP contribution in [0.2, 0.25) is 0 Å². The van der Waals surface area contributed by atoms with E-state index >= 15 is 0 Å². The van der Waals surface area contributed by atoms with Crippen LogP contribution in [0.1, 0.15) is 117 Å². The van der Waals surface area contributed by atoms with Crippen molar-refractivity contribution >= 4 is 5.97 Å². The Kier molecular flexibility index (Phi) is 14.7. The minimum absolute atomic E-state index is 0.0527. The van der Waals surface area contributed by atoms with Crippen molar-refractivity contribution in [3.63, 3.8) is 0 Å². The molecule has 2 heteroatoms. The summed E-state index contributed by atoms with van der Waals surface area (Å²) < 4.78 is 5.23. The molecule has 0 saturated carbocycles. The summed E-state index contributed by atoms with van der Waals surface area (Å²) >= 11 is 0. The van der Waals surface area contributed by atoms with Crippen LogP contribution in [-0.4, -0.2) is 13.1 Å². The molecule has 0 aromatic carbocycles.